The van der Waals surface area contributed by atoms with Crippen LogP contribution in [0, 0.1) is 6.92 Å². The molecule has 1 N–H and O–H groups in total. The summed E-state index contributed by atoms with van der Waals surface area (Å²) >= 11 is 0. The summed E-state index contributed by atoms with van der Waals surface area (Å²) in [7, 11) is 3.53. The minimum Gasteiger partial charge on any atom is -0.497 e. The highest BCUT2D eigenvalue weighted by Crippen LogP contribution is 2.24. The largest absolute Gasteiger partial charge is 0.497 e. The third-order valence-electron chi connectivity index (χ3n) is 5.34. The Hall–Kier alpha value is -2.05. The Labute approximate surface area is 165 Å². The predicted molar refractivity (Wildman–Crippen MR) is 108 cm³/mol. The highest BCUT2D eigenvalue weighted by atomic mass is 35.5. The Kier molecular flexibility index (Phi) is 7.27. The SMILES string of the molecule is CNC1CCN(C(=O)CCc2c(C)c3ccc(OC)cc3oc2=O)CC1.Cl. The molecule has 148 valence electrons. The number of piperidine rings is 1. The number of nitrogens with one attached hydrogen (secondary N) is 1. The molecule has 1 aliphatic rings. The maximum atomic E-state index is 12.5. The third-order valence-corrected chi connectivity index (χ3v) is 5.34. The van der Waals surface area contributed by atoms with Crippen molar-refractivity contribution in [1.82, 2.24) is 10.2 Å². The summed E-state index contributed by atoms with van der Waals surface area (Å²) in [6, 6.07) is 5.94. The van der Waals surface area contributed by atoms with Crippen molar-refractivity contribution in [3.63, 3.8) is 0 Å². The molecule has 0 bridgehead atoms. The number of benzene rings is 1. The maximum absolute atomic E-state index is 12.5. The van der Waals surface area contributed by atoms with E-state index in [9.17, 15) is 9.59 Å². The fourth-order valence-electron chi connectivity index (χ4n) is 3.60. The lowest BCUT2D eigenvalue weighted by atomic mass is 10.0. The molecule has 1 amide bonds. The van der Waals surface area contributed by atoms with Gasteiger partial charge in [0, 0.05) is 42.6 Å². The van der Waals surface area contributed by atoms with Crippen LogP contribution >= 0.6 is 12.4 Å². The summed E-state index contributed by atoms with van der Waals surface area (Å²) in [4.78, 5) is 26.8. The quantitative estimate of drug-likeness (QED) is 0.789. The van der Waals surface area contributed by atoms with Crippen molar-refractivity contribution in [2.24, 2.45) is 0 Å². The first-order chi connectivity index (χ1) is 12.5. The fourth-order valence-corrected chi connectivity index (χ4v) is 3.60. The van der Waals surface area contributed by atoms with Crippen LogP contribution in [-0.4, -0.2) is 44.1 Å². The second-order valence-electron chi connectivity index (χ2n) is 6.80. The molecular weight excluding hydrogens is 368 g/mol. The molecule has 0 radical (unpaired) electrons. The van der Waals surface area contributed by atoms with E-state index in [1.807, 2.05) is 31.0 Å². The van der Waals surface area contributed by atoms with E-state index in [-0.39, 0.29) is 23.9 Å². The van der Waals surface area contributed by atoms with Crippen LogP contribution in [0.2, 0.25) is 0 Å². The zero-order valence-electron chi connectivity index (χ0n) is 16.0. The van der Waals surface area contributed by atoms with Crippen molar-refractivity contribution in [2.45, 2.75) is 38.6 Å². The van der Waals surface area contributed by atoms with Crippen molar-refractivity contribution in [2.75, 3.05) is 27.2 Å². The number of halogens is 1. The van der Waals surface area contributed by atoms with Crippen LogP contribution in [0.25, 0.3) is 11.0 Å². The number of nitrogens with zero attached hydrogens (tertiary/aromatic N) is 1. The predicted octanol–water partition coefficient (Wildman–Crippen LogP) is 2.67. The van der Waals surface area contributed by atoms with Crippen molar-refractivity contribution >= 4 is 29.3 Å². The van der Waals surface area contributed by atoms with Gasteiger partial charge in [0.05, 0.1) is 7.11 Å². The van der Waals surface area contributed by atoms with E-state index >= 15 is 0 Å². The molecule has 1 saturated heterocycles. The first-order valence-electron chi connectivity index (χ1n) is 9.09. The Balaban J connectivity index is 0.00000261. The van der Waals surface area contributed by atoms with Crippen LogP contribution in [0.5, 0.6) is 5.75 Å². The second kappa shape index (κ2) is 9.24. The van der Waals surface area contributed by atoms with E-state index in [1.165, 1.54) is 0 Å². The van der Waals surface area contributed by atoms with E-state index in [4.69, 9.17) is 9.15 Å². The van der Waals surface area contributed by atoms with Crippen molar-refractivity contribution in [3.8, 4) is 5.75 Å². The monoisotopic (exact) mass is 394 g/mol. The molecule has 1 aromatic carbocycles. The number of rotatable bonds is 5. The minimum atomic E-state index is -0.370. The van der Waals surface area contributed by atoms with Crippen LogP contribution in [0.1, 0.15) is 30.4 Å². The van der Waals surface area contributed by atoms with Gasteiger partial charge in [-0.15, -0.1) is 12.4 Å². The molecular formula is C20H27ClN2O4. The van der Waals surface area contributed by atoms with Gasteiger partial charge in [0.25, 0.3) is 0 Å². The lowest BCUT2D eigenvalue weighted by Crippen LogP contribution is -2.44. The third kappa shape index (κ3) is 4.62. The van der Waals surface area contributed by atoms with Crippen molar-refractivity contribution < 1.29 is 13.9 Å². The van der Waals surface area contributed by atoms with Crippen molar-refractivity contribution in [3.05, 3.63) is 39.7 Å². The Morgan fingerprint density at radius 3 is 2.67 bits per heavy atom. The number of methoxy groups -OCH3 is 1. The number of likely N-dealkylation sites (tertiary alicyclic amines) is 1. The first-order valence-corrected chi connectivity index (χ1v) is 9.09. The molecule has 27 heavy (non-hydrogen) atoms. The molecule has 0 aliphatic carbocycles. The van der Waals surface area contributed by atoms with Gasteiger partial charge in [0.2, 0.25) is 5.91 Å². The number of hydrogen-bond acceptors (Lipinski definition) is 5. The lowest BCUT2D eigenvalue weighted by molar-refractivity contribution is -0.132. The van der Waals surface area contributed by atoms with E-state index in [1.54, 1.807) is 13.2 Å². The summed E-state index contributed by atoms with van der Waals surface area (Å²) in [5.74, 6) is 0.751. The Morgan fingerprint density at radius 2 is 2.04 bits per heavy atom. The van der Waals surface area contributed by atoms with Gasteiger partial charge < -0.3 is 19.4 Å². The van der Waals surface area contributed by atoms with E-state index in [2.05, 4.69) is 5.32 Å². The van der Waals surface area contributed by atoms with Crippen LogP contribution < -0.4 is 15.7 Å². The highest BCUT2D eigenvalue weighted by molar-refractivity contribution is 5.85. The lowest BCUT2D eigenvalue weighted by Gasteiger charge is -2.31. The van der Waals surface area contributed by atoms with Gasteiger partial charge in [-0.1, -0.05) is 0 Å². The molecule has 3 rings (SSSR count). The molecule has 1 fully saturated rings. The molecule has 0 saturated carbocycles. The zero-order valence-corrected chi connectivity index (χ0v) is 16.9. The summed E-state index contributed by atoms with van der Waals surface area (Å²) in [5, 5.41) is 4.14. The Bertz CT molecular complexity index is 857. The van der Waals surface area contributed by atoms with Gasteiger partial charge in [0.1, 0.15) is 11.3 Å². The van der Waals surface area contributed by atoms with E-state index in [0.717, 1.165) is 36.9 Å². The van der Waals surface area contributed by atoms with E-state index in [0.29, 0.717) is 35.8 Å². The normalized spacial score (nSPS) is 14.9. The molecule has 6 nitrogen and oxygen atoms in total. The molecule has 2 heterocycles. The van der Waals surface area contributed by atoms with Crippen LogP contribution in [0.4, 0.5) is 0 Å². The second-order valence-corrected chi connectivity index (χ2v) is 6.80. The smallest absolute Gasteiger partial charge is 0.339 e. The van der Waals surface area contributed by atoms with Crippen molar-refractivity contribution in [1.29, 1.82) is 0 Å². The minimum absolute atomic E-state index is 0. The topological polar surface area (TPSA) is 71.8 Å². The number of hydrogen-bond donors (Lipinski definition) is 1. The number of aryl methyl sites for hydroxylation is 1. The van der Waals surface area contributed by atoms with Gasteiger partial charge in [-0.25, -0.2) is 4.79 Å². The fraction of sp³-hybridized carbons (Fsp3) is 0.500. The molecule has 0 spiro atoms. The number of ether oxygens (including phenoxy) is 1. The number of amides is 1. The standard InChI is InChI=1S/C20H26N2O4.ClH/c1-13-16-5-4-15(25-3)12-18(16)26-20(24)17(13)6-7-19(23)22-10-8-14(21-2)9-11-22;/h4-5,12,14,21H,6-11H2,1-3H3;1H. The highest BCUT2D eigenvalue weighted by Gasteiger charge is 2.22. The molecule has 1 aliphatic heterocycles. The average Bonchev–Trinajstić information content (AvgIpc) is 2.67. The zero-order chi connectivity index (χ0) is 18.7. The number of carbonyl (C=O) groups is 1. The summed E-state index contributed by atoms with van der Waals surface area (Å²) in [6.07, 6.45) is 2.68. The Morgan fingerprint density at radius 1 is 1.33 bits per heavy atom. The molecule has 0 atom stereocenters. The summed E-state index contributed by atoms with van der Waals surface area (Å²) in [6.45, 7) is 3.45. The molecule has 1 aromatic heterocycles. The number of carbonyl (C=O) groups excluding carboxylic acids is 1. The molecule has 0 unspecified atom stereocenters. The summed E-state index contributed by atoms with van der Waals surface area (Å²) in [5.41, 5.74) is 1.60. The van der Waals surface area contributed by atoms with Crippen LogP contribution in [-0.2, 0) is 11.2 Å². The van der Waals surface area contributed by atoms with Gasteiger partial charge >= 0.3 is 5.63 Å². The van der Waals surface area contributed by atoms with Gasteiger partial charge in [-0.3, -0.25) is 4.79 Å². The number of fused-ring (bicyclic) bond motifs is 1. The maximum Gasteiger partial charge on any atom is 0.339 e. The average molecular weight is 395 g/mol. The van der Waals surface area contributed by atoms with E-state index < -0.39 is 0 Å². The van der Waals surface area contributed by atoms with Crippen LogP contribution in [0.15, 0.2) is 27.4 Å². The molecule has 2 aromatic rings. The van der Waals surface area contributed by atoms with Gasteiger partial charge in [-0.2, -0.15) is 0 Å². The molecule has 7 heteroatoms. The van der Waals surface area contributed by atoms with Crippen LogP contribution in [0.3, 0.4) is 0 Å². The van der Waals surface area contributed by atoms with Gasteiger partial charge in [0.15, 0.2) is 0 Å². The first kappa shape index (κ1) is 21.3. The summed E-state index contributed by atoms with van der Waals surface area (Å²) < 4.78 is 10.6. The van der Waals surface area contributed by atoms with Gasteiger partial charge in [-0.05, 0) is 50.9 Å².